The molecule has 0 unspecified atom stereocenters. The number of sulfonamides is 1. The molecule has 1 N–H and O–H groups in total. The first-order valence-corrected chi connectivity index (χ1v) is 9.79. The van der Waals surface area contributed by atoms with Gasteiger partial charge in [0.2, 0.25) is 0 Å². The molecule has 30 heavy (non-hydrogen) atoms. The van der Waals surface area contributed by atoms with Crippen LogP contribution in [-0.4, -0.2) is 19.6 Å². The van der Waals surface area contributed by atoms with Crippen LogP contribution < -0.4 is 4.72 Å². The summed E-state index contributed by atoms with van der Waals surface area (Å²) in [6.07, 6.45) is -4.62. The van der Waals surface area contributed by atoms with Gasteiger partial charge in [-0.3, -0.25) is 4.72 Å². The van der Waals surface area contributed by atoms with Crippen LogP contribution in [0.5, 0.6) is 0 Å². The van der Waals surface area contributed by atoms with E-state index < -0.39 is 39.6 Å². The van der Waals surface area contributed by atoms with Gasteiger partial charge in [0.25, 0.3) is 0 Å². The predicted octanol–water partition coefficient (Wildman–Crippen LogP) is 5.56. The van der Waals surface area contributed by atoms with Gasteiger partial charge >= 0.3 is 21.7 Å². The smallest absolute Gasteiger partial charge is 0.391 e. The van der Waals surface area contributed by atoms with Crippen molar-refractivity contribution in [3.05, 3.63) is 64.2 Å². The zero-order valence-electron chi connectivity index (χ0n) is 15.0. The van der Waals surface area contributed by atoms with Gasteiger partial charge in [0.15, 0.2) is 0 Å². The number of nitrogens with zero attached hydrogens (tertiary/aromatic N) is 1. The normalized spacial score (nSPS) is 13.3. The molecule has 0 bridgehead atoms. The maximum Gasteiger partial charge on any atom is 0.516 e. The largest absolute Gasteiger partial charge is 0.516 e. The number of rotatable bonds is 6. The molecule has 0 saturated carbocycles. The summed E-state index contributed by atoms with van der Waals surface area (Å²) in [5, 5.41) is 3.63. The first-order chi connectivity index (χ1) is 13.7. The Morgan fingerprint density at radius 1 is 1.10 bits per heavy atom. The SMILES string of the molecule is C/C(=N\OCc1ccccc1C(F)(F)F)c1cc(Cl)ccc1NS(=O)(=O)C(F)(F)F. The molecular weight excluding hydrogens is 462 g/mol. The molecule has 0 heterocycles. The van der Waals surface area contributed by atoms with E-state index in [1.807, 2.05) is 0 Å². The second-order valence-corrected chi connectivity index (χ2v) is 7.96. The van der Waals surface area contributed by atoms with Crippen LogP contribution in [-0.2, 0) is 27.6 Å². The minimum Gasteiger partial charge on any atom is -0.391 e. The van der Waals surface area contributed by atoms with E-state index in [0.29, 0.717) is 0 Å². The summed E-state index contributed by atoms with van der Waals surface area (Å²) in [6, 6.07) is 7.86. The number of halogens is 7. The second-order valence-electron chi connectivity index (χ2n) is 5.85. The Hall–Kier alpha value is -2.47. The summed E-state index contributed by atoms with van der Waals surface area (Å²) < 4.78 is 101. The Labute approximate surface area is 172 Å². The van der Waals surface area contributed by atoms with Gasteiger partial charge < -0.3 is 4.84 Å². The molecule has 0 aromatic heterocycles. The van der Waals surface area contributed by atoms with Gasteiger partial charge in [-0.2, -0.15) is 34.8 Å². The van der Waals surface area contributed by atoms with Gasteiger partial charge in [-0.05, 0) is 31.2 Å². The van der Waals surface area contributed by atoms with Crippen LogP contribution in [0.15, 0.2) is 47.6 Å². The molecule has 2 aromatic carbocycles. The first-order valence-electron chi connectivity index (χ1n) is 7.93. The number of benzene rings is 2. The van der Waals surface area contributed by atoms with Crippen LogP contribution >= 0.6 is 11.6 Å². The van der Waals surface area contributed by atoms with Crippen LogP contribution in [0.1, 0.15) is 23.6 Å². The molecule has 2 aromatic rings. The zero-order chi connectivity index (χ0) is 22.7. The van der Waals surface area contributed by atoms with Gasteiger partial charge in [-0.1, -0.05) is 35.0 Å². The lowest BCUT2D eigenvalue weighted by Gasteiger charge is -2.15. The lowest BCUT2D eigenvalue weighted by atomic mass is 10.1. The summed E-state index contributed by atoms with van der Waals surface area (Å²) in [5.74, 6) is 0. The van der Waals surface area contributed by atoms with Crippen LogP contribution in [0.2, 0.25) is 5.02 Å². The fraction of sp³-hybridized carbons (Fsp3) is 0.235. The molecule has 0 atom stereocenters. The van der Waals surface area contributed by atoms with Gasteiger partial charge in [0, 0.05) is 16.1 Å². The summed E-state index contributed by atoms with van der Waals surface area (Å²) in [6.45, 7) is 0.671. The van der Waals surface area contributed by atoms with Crippen molar-refractivity contribution in [2.24, 2.45) is 5.16 Å². The molecular formula is C17H13ClF6N2O3S. The minimum atomic E-state index is -5.72. The fourth-order valence-corrected chi connectivity index (χ4v) is 3.03. The Bertz CT molecular complexity index is 1050. The van der Waals surface area contributed by atoms with E-state index in [1.165, 1.54) is 29.8 Å². The van der Waals surface area contributed by atoms with E-state index in [4.69, 9.17) is 16.4 Å². The highest BCUT2D eigenvalue weighted by molar-refractivity contribution is 7.93. The van der Waals surface area contributed by atoms with E-state index >= 15 is 0 Å². The molecule has 0 aliphatic rings. The number of anilines is 1. The minimum absolute atomic E-state index is 0.0527. The highest BCUT2D eigenvalue weighted by atomic mass is 35.5. The third kappa shape index (κ3) is 5.79. The molecule has 0 amide bonds. The second kappa shape index (κ2) is 8.72. The van der Waals surface area contributed by atoms with Crippen LogP contribution in [0.4, 0.5) is 32.0 Å². The van der Waals surface area contributed by atoms with Crippen LogP contribution in [0.3, 0.4) is 0 Å². The molecule has 0 saturated heterocycles. The molecule has 164 valence electrons. The Morgan fingerprint density at radius 2 is 1.73 bits per heavy atom. The molecule has 13 heteroatoms. The van der Waals surface area contributed by atoms with Crippen molar-refractivity contribution in [3.63, 3.8) is 0 Å². The number of hydrogen-bond donors (Lipinski definition) is 1. The number of nitrogens with one attached hydrogen (secondary N) is 1. The maximum absolute atomic E-state index is 13.0. The van der Waals surface area contributed by atoms with Crippen molar-refractivity contribution in [2.45, 2.75) is 25.2 Å². The molecule has 0 radical (unpaired) electrons. The van der Waals surface area contributed by atoms with Crippen molar-refractivity contribution < 1.29 is 39.6 Å². The van der Waals surface area contributed by atoms with E-state index in [1.54, 1.807) is 0 Å². The molecule has 0 spiro atoms. The molecule has 0 aliphatic carbocycles. The zero-order valence-corrected chi connectivity index (χ0v) is 16.5. The topological polar surface area (TPSA) is 67.8 Å². The van der Waals surface area contributed by atoms with Crippen molar-refractivity contribution in [1.82, 2.24) is 0 Å². The lowest BCUT2D eigenvalue weighted by molar-refractivity contribution is -0.138. The van der Waals surface area contributed by atoms with Gasteiger partial charge in [0.05, 0.1) is 17.0 Å². The highest BCUT2D eigenvalue weighted by Crippen LogP contribution is 2.32. The van der Waals surface area contributed by atoms with Crippen LogP contribution in [0.25, 0.3) is 0 Å². The number of oxime groups is 1. The van der Waals surface area contributed by atoms with E-state index in [2.05, 4.69) is 5.16 Å². The first kappa shape index (κ1) is 23.8. The van der Waals surface area contributed by atoms with Crippen molar-refractivity contribution >= 4 is 33.0 Å². The van der Waals surface area contributed by atoms with E-state index in [9.17, 15) is 34.8 Å². The van der Waals surface area contributed by atoms with Crippen molar-refractivity contribution in [1.29, 1.82) is 0 Å². The Morgan fingerprint density at radius 3 is 2.33 bits per heavy atom. The van der Waals surface area contributed by atoms with Crippen molar-refractivity contribution in [2.75, 3.05) is 4.72 Å². The lowest BCUT2D eigenvalue weighted by Crippen LogP contribution is -2.30. The summed E-state index contributed by atoms with van der Waals surface area (Å²) >= 11 is 5.80. The van der Waals surface area contributed by atoms with Gasteiger partial charge in [0.1, 0.15) is 6.61 Å². The third-order valence-electron chi connectivity index (χ3n) is 3.66. The molecule has 0 aliphatic heterocycles. The van der Waals surface area contributed by atoms with Crippen LogP contribution in [0, 0.1) is 0 Å². The fourth-order valence-electron chi connectivity index (χ4n) is 2.28. The maximum atomic E-state index is 13.0. The molecule has 2 rings (SSSR count). The molecule has 5 nitrogen and oxygen atoms in total. The average molecular weight is 475 g/mol. The summed E-state index contributed by atoms with van der Waals surface area (Å²) in [5.41, 5.74) is -7.48. The standard InChI is InChI=1S/C17H13ClF6N2O3S/c1-10(25-29-9-11-4-2-3-5-14(11)16(19,20)21)13-8-12(18)6-7-15(13)26-30(27,28)17(22,23)24/h2-8,26H,9H2,1H3/b25-10+. The highest BCUT2D eigenvalue weighted by Gasteiger charge is 2.46. The quantitative estimate of drug-likeness (QED) is 0.338. The summed E-state index contributed by atoms with van der Waals surface area (Å²) in [7, 11) is -5.72. The van der Waals surface area contributed by atoms with E-state index in [0.717, 1.165) is 24.3 Å². The monoisotopic (exact) mass is 474 g/mol. The Balaban J connectivity index is 2.29. The Kier molecular flexibility index (Phi) is 6.92. The van der Waals surface area contributed by atoms with Crippen molar-refractivity contribution in [3.8, 4) is 0 Å². The number of alkyl halides is 6. The number of hydrogen-bond acceptors (Lipinski definition) is 4. The van der Waals surface area contributed by atoms with E-state index in [-0.39, 0.29) is 21.9 Å². The van der Waals surface area contributed by atoms with Gasteiger partial charge in [-0.15, -0.1) is 0 Å². The third-order valence-corrected chi connectivity index (χ3v) is 5.00. The molecule has 0 fully saturated rings. The predicted molar refractivity (Wildman–Crippen MR) is 98.5 cm³/mol. The average Bonchev–Trinajstić information content (AvgIpc) is 2.61. The van der Waals surface area contributed by atoms with Gasteiger partial charge in [-0.25, -0.2) is 0 Å². The summed E-state index contributed by atoms with van der Waals surface area (Å²) in [4.78, 5) is 4.91.